The Morgan fingerprint density at radius 2 is 2.15 bits per heavy atom. The van der Waals surface area contributed by atoms with Crippen LogP contribution in [0.1, 0.15) is 27.7 Å². The standard InChI is InChI=1S/C18H13F3N2O3S/c1-11-10-27-17(23-11)14(8-22)15(24)9-26-16(25)6-5-12-3-2-4-13(7-12)18(19,20)21/h2-7,10,14H,9H2,1H3/b6-5+/t14-/m0/s1. The third kappa shape index (κ3) is 5.76. The zero-order valence-electron chi connectivity index (χ0n) is 14.0. The second-order valence-electron chi connectivity index (χ2n) is 5.42. The van der Waals surface area contributed by atoms with E-state index in [1.165, 1.54) is 12.1 Å². The number of carbonyl (C=O) groups is 2. The molecule has 0 aliphatic rings. The van der Waals surface area contributed by atoms with Crippen molar-refractivity contribution in [3.05, 3.63) is 57.6 Å². The lowest BCUT2D eigenvalue weighted by Gasteiger charge is -2.07. The van der Waals surface area contributed by atoms with E-state index < -0.39 is 36.0 Å². The molecule has 0 saturated heterocycles. The largest absolute Gasteiger partial charge is 0.454 e. The Morgan fingerprint density at radius 1 is 1.41 bits per heavy atom. The zero-order chi connectivity index (χ0) is 20.0. The number of hydrogen-bond donors (Lipinski definition) is 0. The van der Waals surface area contributed by atoms with Crippen LogP contribution in [0.25, 0.3) is 6.08 Å². The van der Waals surface area contributed by atoms with Gasteiger partial charge in [-0.25, -0.2) is 9.78 Å². The van der Waals surface area contributed by atoms with Gasteiger partial charge in [0.25, 0.3) is 0 Å². The van der Waals surface area contributed by atoms with Gasteiger partial charge in [-0.2, -0.15) is 18.4 Å². The average molecular weight is 394 g/mol. The van der Waals surface area contributed by atoms with E-state index >= 15 is 0 Å². The van der Waals surface area contributed by atoms with Crippen LogP contribution in [0.3, 0.4) is 0 Å². The molecule has 0 amide bonds. The van der Waals surface area contributed by atoms with Gasteiger partial charge in [0.1, 0.15) is 5.01 Å². The predicted octanol–water partition coefficient (Wildman–Crippen LogP) is 3.90. The first-order chi connectivity index (χ1) is 12.7. The van der Waals surface area contributed by atoms with Crippen molar-refractivity contribution in [2.45, 2.75) is 19.0 Å². The minimum Gasteiger partial charge on any atom is -0.454 e. The molecule has 0 unspecified atom stereocenters. The molecule has 0 aliphatic carbocycles. The van der Waals surface area contributed by atoms with Gasteiger partial charge in [0.15, 0.2) is 18.3 Å². The van der Waals surface area contributed by atoms with Gasteiger partial charge in [-0.1, -0.05) is 12.1 Å². The fraction of sp³-hybridized carbons (Fsp3) is 0.222. The number of halogens is 3. The molecular weight excluding hydrogens is 381 g/mol. The summed E-state index contributed by atoms with van der Waals surface area (Å²) in [5.74, 6) is -2.68. The summed E-state index contributed by atoms with van der Waals surface area (Å²) < 4.78 is 42.7. The van der Waals surface area contributed by atoms with E-state index in [1.807, 2.05) is 6.07 Å². The molecule has 0 radical (unpaired) electrons. The second-order valence-corrected chi connectivity index (χ2v) is 6.31. The summed E-state index contributed by atoms with van der Waals surface area (Å²) in [7, 11) is 0. The minimum absolute atomic E-state index is 0.154. The van der Waals surface area contributed by atoms with E-state index in [1.54, 1.807) is 12.3 Å². The molecule has 5 nitrogen and oxygen atoms in total. The number of aryl methyl sites for hydroxylation is 1. The van der Waals surface area contributed by atoms with Gasteiger partial charge < -0.3 is 4.74 Å². The maximum absolute atomic E-state index is 12.6. The molecule has 1 atom stereocenters. The number of ether oxygens (including phenoxy) is 1. The molecular formula is C18H13F3N2O3S. The normalized spacial score (nSPS) is 12.6. The Kier molecular flexibility index (Phi) is 6.47. The first kappa shape index (κ1) is 20.3. The van der Waals surface area contributed by atoms with Crippen LogP contribution in [-0.2, 0) is 20.5 Å². The molecule has 0 N–H and O–H groups in total. The van der Waals surface area contributed by atoms with Gasteiger partial charge in [0.2, 0.25) is 0 Å². The van der Waals surface area contributed by atoms with E-state index in [4.69, 9.17) is 10.00 Å². The van der Waals surface area contributed by atoms with Gasteiger partial charge in [-0.3, -0.25) is 4.79 Å². The Hall–Kier alpha value is -2.99. The predicted molar refractivity (Wildman–Crippen MR) is 91.6 cm³/mol. The lowest BCUT2D eigenvalue weighted by molar-refractivity contribution is -0.143. The van der Waals surface area contributed by atoms with Crippen LogP contribution in [0.5, 0.6) is 0 Å². The number of rotatable bonds is 6. The number of alkyl halides is 3. The first-order valence-electron chi connectivity index (χ1n) is 7.57. The fourth-order valence-electron chi connectivity index (χ4n) is 2.03. The monoisotopic (exact) mass is 394 g/mol. The Bertz CT molecular complexity index is 913. The lowest BCUT2D eigenvalue weighted by Crippen LogP contribution is -2.19. The highest BCUT2D eigenvalue weighted by Gasteiger charge is 2.30. The molecule has 0 bridgehead atoms. The topological polar surface area (TPSA) is 80.0 Å². The van der Waals surface area contributed by atoms with Crippen LogP contribution in [0.15, 0.2) is 35.7 Å². The average Bonchev–Trinajstić information content (AvgIpc) is 3.04. The molecule has 0 spiro atoms. The van der Waals surface area contributed by atoms with Gasteiger partial charge in [0.05, 0.1) is 11.6 Å². The number of carbonyl (C=O) groups excluding carboxylic acids is 2. The number of hydrogen-bond acceptors (Lipinski definition) is 6. The molecule has 1 heterocycles. The Balaban J connectivity index is 1.95. The van der Waals surface area contributed by atoms with Crippen LogP contribution in [-0.4, -0.2) is 23.3 Å². The number of benzene rings is 1. The third-order valence-electron chi connectivity index (χ3n) is 3.32. The molecule has 0 fully saturated rings. The molecule has 1 aromatic heterocycles. The number of nitrogens with zero attached hydrogens (tertiary/aromatic N) is 2. The molecule has 9 heteroatoms. The summed E-state index contributed by atoms with van der Waals surface area (Å²) in [5.41, 5.74) is -0.0193. The smallest absolute Gasteiger partial charge is 0.416 e. The van der Waals surface area contributed by atoms with Gasteiger partial charge in [-0.05, 0) is 30.7 Å². The summed E-state index contributed by atoms with van der Waals surface area (Å²) in [5, 5.41) is 11.1. The van der Waals surface area contributed by atoms with Crippen LogP contribution in [0.2, 0.25) is 0 Å². The first-order valence-corrected chi connectivity index (χ1v) is 8.45. The van der Waals surface area contributed by atoms with Crippen LogP contribution >= 0.6 is 11.3 Å². The summed E-state index contributed by atoms with van der Waals surface area (Å²) in [6.45, 7) is 1.08. The Morgan fingerprint density at radius 3 is 2.74 bits per heavy atom. The molecule has 27 heavy (non-hydrogen) atoms. The summed E-state index contributed by atoms with van der Waals surface area (Å²) >= 11 is 1.15. The summed E-state index contributed by atoms with van der Waals surface area (Å²) in [4.78, 5) is 27.8. The van der Waals surface area contributed by atoms with Crippen LogP contribution in [0.4, 0.5) is 13.2 Å². The molecule has 0 saturated carbocycles. The maximum Gasteiger partial charge on any atom is 0.416 e. The SMILES string of the molecule is Cc1csc([C@@H](C#N)C(=O)COC(=O)/C=C/c2cccc(C(F)(F)F)c2)n1. The summed E-state index contributed by atoms with van der Waals surface area (Å²) in [6, 6.07) is 6.21. The van der Waals surface area contributed by atoms with Crippen molar-refractivity contribution in [2.75, 3.05) is 6.61 Å². The molecule has 2 rings (SSSR count). The number of nitriles is 1. The van der Waals surface area contributed by atoms with E-state index in [9.17, 15) is 22.8 Å². The molecule has 1 aromatic carbocycles. The van der Waals surface area contributed by atoms with Crippen LogP contribution < -0.4 is 0 Å². The number of aromatic nitrogens is 1. The maximum atomic E-state index is 12.6. The van der Waals surface area contributed by atoms with E-state index in [0.29, 0.717) is 10.7 Å². The van der Waals surface area contributed by atoms with Crippen molar-refractivity contribution >= 4 is 29.2 Å². The number of ketones is 1. The van der Waals surface area contributed by atoms with E-state index in [-0.39, 0.29) is 5.56 Å². The second kappa shape index (κ2) is 8.60. The highest BCUT2D eigenvalue weighted by atomic mass is 32.1. The van der Waals surface area contributed by atoms with Gasteiger partial charge in [0, 0.05) is 17.2 Å². The minimum atomic E-state index is -4.49. The number of Topliss-reactive ketones (excluding diaryl/α,β-unsaturated/α-hetero) is 1. The molecule has 0 aliphatic heterocycles. The lowest BCUT2D eigenvalue weighted by atomic mass is 10.1. The fourth-order valence-corrected chi connectivity index (χ4v) is 2.89. The van der Waals surface area contributed by atoms with Crippen molar-refractivity contribution in [1.29, 1.82) is 5.26 Å². The highest BCUT2D eigenvalue weighted by molar-refractivity contribution is 7.09. The number of thiazole rings is 1. The van der Waals surface area contributed by atoms with E-state index in [2.05, 4.69) is 4.98 Å². The van der Waals surface area contributed by atoms with Crippen molar-refractivity contribution in [1.82, 2.24) is 4.98 Å². The quantitative estimate of drug-likeness (QED) is 0.548. The molecule has 2 aromatic rings. The van der Waals surface area contributed by atoms with Crippen molar-refractivity contribution in [2.24, 2.45) is 0 Å². The third-order valence-corrected chi connectivity index (χ3v) is 4.34. The Labute approximate surface area is 156 Å². The molecule has 140 valence electrons. The number of esters is 1. The summed E-state index contributed by atoms with van der Waals surface area (Å²) in [6.07, 6.45) is -2.43. The highest BCUT2D eigenvalue weighted by Crippen LogP contribution is 2.29. The van der Waals surface area contributed by atoms with E-state index in [0.717, 1.165) is 35.6 Å². The zero-order valence-corrected chi connectivity index (χ0v) is 14.8. The van der Waals surface area contributed by atoms with Gasteiger partial charge in [-0.15, -0.1) is 11.3 Å². The van der Waals surface area contributed by atoms with Crippen LogP contribution in [0, 0.1) is 18.3 Å². The van der Waals surface area contributed by atoms with Gasteiger partial charge >= 0.3 is 12.1 Å². The van der Waals surface area contributed by atoms with Crippen molar-refractivity contribution in [3.63, 3.8) is 0 Å². The van der Waals surface area contributed by atoms with Crippen molar-refractivity contribution in [3.8, 4) is 6.07 Å². The van der Waals surface area contributed by atoms with Crippen molar-refractivity contribution < 1.29 is 27.5 Å².